The van der Waals surface area contributed by atoms with E-state index in [0.717, 1.165) is 24.3 Å². The molecule has 1 N–H and O–H groups in total. The molecule has 1 aromatic heterocycles. The zero-order valence-corrected chi connectivity index (χ0v) is 13.8. The van der Waals surface area contributed by atoms with Gasteiger partial charge in [-0.2, -0.15) is 0 Å². The lowest BCUT2D eigenvalue weighted by molar-refractivity contribution is 0.0954. The minimum Gasteiger partial charge on any atom is -0.494 e. The number of aromatic nitrogens is 1. The molecule has 23 heavy (non-hydrogen) atoms. The number of nitrogens with zero attached hydrogens (tertiary/aromatic N) is 1. The number of benzene rings is 1. The Morgan fingerprint density at radius 2 is 1.96 bits per heavy atom. The monoisotopic (exact) mass is 312 g/mol. The number of hydrogen-bond donors (Lipinski definition) is 1. The third kappa shape index (κ3) is 6.10. The fourth-order valence-corrected chi connectivity index (χ4v) is 2.07. The standard InChI is InChI=1S/C19H24N2O2/c1-15(2)11-14-23-18-8-6-16(7-9-18)19(22)21-13-10-17-5-3-4-12-20-17/h3-9,12,15H,10-11,13-14H2,1-2H3,(H,21,22). The zero-order valence-electron chi connectivity index (χ0n) is 13.8. The van der Waals surface area contributed by atoms with E-state index in [4.69, 9.17) is 4.74 Å². The summed E-state index contributed by atoms with van der Waals surface area (Å²) in [6.07, 6.45) is 3.51. The highest BCUT2D eigenvalue weighted by Crippen LogP contribution is 2.13. The van der Waals surface area contributed by atoms with Crippen molar-refractivity contribution >= 4 is 5.91 Å². The normalized spacial score (nSPS) is 10.6. The number of carbonyl (C=O) groups excluding carboxylic acids is 1. The van der Waals surface area contributed by atoms with Gasteiger partial charge in [0.15, 0.2) is 0 Å². The van der Waals surface area contributed by atoms with Crippen molar-refractivity contribution in [3.63, 3.8) is 0 Å². The van der Waals surface area contributed by atoms with Crippen LogP contribution in [0.25, 0.3) is 0 Å². The molecule has 1 heterocycles. The first-order valence-corrected chi connectivity index (χ1v) is 8.06. The zero-order chi connectivity index (χ0) is 16.5. The summed E-state index contributed by atoms with van der Waals surface area (Å²) in [4.78, 5) is 16.3. The van der Waals surface area contributed by atoms with Crippen molar-refractivity contribution in [3.8, 4) is 5.75 Å². The smallest absolute Gasteiger partial charge is 0.251 e. The van der Waals surface area contributed by atoms with Gasteiger partial charge < -0.3 is 10.1 Å². The molecule has 2 aromatic rings. The molecule has 0 spiro atoms. The maximum absolute atomic E-state index is 12.1. The second kappa shape index (κ2) is 8.93. The highest BCUT2D eigenvalue weighted by Gasteiger charge is 2.05. The maximum Gasteiger partial charge on any atom is 0.251 e. The minimum absolute atomic E-state index is 0.0744. The largest absolute Gasteiger partial charge is 0.494 e. The van der Waals surface area contributed by atoms with Crippen LogP contribution in [0.3, 0.4) is 0 Å². The van der Waals surface area contributed by atoms with Crippen LogP contribution in [-0.2, 0) is 6.42 Å². The third-order valence-electron chi connectivity index (χ3n) is 3.47. The predicted octanol–water partition coefficient (Wildman–Crippen LogP) is 3.48. The van der Waals surface area contributed by atoms with Crippen LogP contribution in [0.2, 0.25) is 0 Å². The highest BCUT2D eigenvalue weighted by molar-refractivity contribution is 5.94. The van der Waals surface area contributed by atoms with E-state index in [2.05, 4.69) is 24.1 Å². The van der Waals surface area contributed by atoms with E-state index in [1.165, 1.54) is 0 Å². The molecule has 0 saturated carbocycles. The molecule has 2 rings (SSSR count). The molecule has 0 atom stereocenters. The van der Waals surface area contributed by atoms with Gasteiger partial charge in [-0.25, -0.2) is 0 Å². The van der Waals surface area contributed by atoms with Crippen LogP contribution in [-0.4, -0.2) is 24.0 Å². The Labute approximate surface area is 137 Å². The molecule has 4 nitrogen and oxygen atoms in total. The summed E-state index contributed by atoms with van der Waals surface area (Å²) in [6, 6.07) is 13.0. The fourth-order valence-electron chi connectivity index (χ4n) is 2.07. The molecule has 0 bridgehead atoms. The molecule has 0 saturated heterocycles. The van der Waals surface area contributed by atoms with Crippen LogP contribution in [0.5, 0.6) is 5.75 Å². The average molecular weight is 312 g/mol. The van der Waals surface area contributed by atoms with Gasteiger partial charge in [-0.3, -0.25) is 9.78 Å². The molecule has 0 fully saturated rings. The van der Waals surface area contributed by atoms with E-state index in [0.29, 0.717) is 24.6 Å². The predicted molar refractivity (Wildman–Crippen MR) is 91.7 cm³/mol. The Bertz CT molecular complexity index is 595. The van der Waals surface area contributed by atoms with E-state index in [-0.39, 0.29) is 5.91 Å². The summed E-state index contributed by atoms with van der Waals surface area (Å²) in [5.74, 6) is 1.35. The first-order valence-electron chi connectivity index (χ1n) is 8.06. The number of nitrogens with one attached hydrogen (secondary N) is 1. The van der Waals surface area contributed by atoms with E-state index in [1.807, 2.05) is 30.3 Å². The number of rotatable bonds is 8. The fraction of sp³-hybridized carbons (Fsp3) is 0.368. The number of carbonyl (C=O) groups is 1. The molecule has 0 aliphatic heterocycles. The summed E-state index contributed by atoms with van der Waals surface area (Å²) < 4.78 is 5.65. The number of amides is 1. The Hall–Kier alpha value is -2.36. The van der Waals surface area contributed by atoms with Gasteiger partial charge in [0.25, 0.3) is 5.91 Å². The van der Waals surface area contributed by atoms with Crippen LogP contribution < -0.4 is 10.1 Å². The highest BCUT2D eigenvalue weighted by atomic mass is 16.5. The molecule has 4 heteroatoms. The quantitative estimate of drug-likeness (QED) is 0.812. The molecule has 122 valence electrons. The van der Waals surface area contributed by atoms with Crippen molar-refractivity contribution in [1.29, 1.82) is 0 Å². The van der Waals surface area contributed by atoms with Gasteiger partial charge in [-0.05, 0) is 48.7 Å². The van der Waals surface area contributed by atoms with Gasteiger partial charge in [0.1, 0.15) is 5.75 Å². The Kier molecular flexibility index (Phi) is 6.60. The van der Waals surface area contributed by atoms with E-state index >= 15 is 0 Å². The number of pyridine rings is 1. The van der Waals surface area contributed by atoms with Gasteiger partial charge in [0.2, 0.25) is 0 Å². The molecule has 1 amide bonds. The summed E-state index contributed by atoms with van der Waals surface area (Å²) in [6.45, 7) is 5.61. The van der Waals surface area contributed by atoms with Crippen LogP contribution >= 0.6 is 0 Å². The maximum atomic E-state index is 12.1. The molecule has 1 aromatic carbocycles. The van der Waals surface area contributed by atoms with Gasteiger partial charge in [0.05, 0.1) is 6.61 Å². The topological polar surface area (TPSA) is 51.2 Å². The van der Waals surface area contributed by atoms with Crippen molar-refractivity contribution in [3.05, 3.63) is 59.9 Å². The number of ether oxygens (including phenoxy) is 1. The second-order valence-electron chi connectivity index (χ2n) is 5.88. The first-order chi connectivity index (χ1) is 11.1. The molecule has 0 unspecified atom stereocenters. The lowest BCUT2D eigenvalue weighted by Crippen LogP contribution is -2.25. The van der Waals surface area contributed by atoms with Crippen molar-refractivity contribution in [2.24, 2.45) is 5.92 Å². The average Bonchev–Trinajstić information content (AvgIpc) is 2.56. The SMILES string of the molecule is CC(C)CCOc1ccc(C(=O)NCCc2ccccn2)cc1. The van der Waals surface area contributed by atoms with E-state index in [1.54, 1.807) is 18.3 Å². The summed E-state index contributed by atoms with van der Waals surface area (Å²) >= 11 is 0. The van der Waals surface area contributed by atoms with E-state index in [9.17, 15) is 4.79 Å². The van der Waals surface area contributed by atoms with Crippen molar-refractivity contribution in [2.75, 3.05) is 13.2 Å². The van der Waals surface area contributed by atoms with E-state index < -0.39 is 0 Å². The first kappa shape index (κ1) is 17.0. The van der Waals surface area contributed by atoms with Crippen LogP contribution in [0.15, 0.2) is 48.7 Å². The van der Waals surface area contributed by atoms with Gasteiger partial charge in [0, 0.05) is 30.4 Å². The summed E-state index contributed by atoms with van der Waals surface area (Å²) in [5.41, 5.74) is 1.61. The van der Waals surface area contributed by atoms with Crippen molar-refractivity contribution in [1.82, 2.24) is 10.3 Å². The number of hydrogen-bond acceptors (Lipinski definition) is 3. The minimum atomic E-state index is -0.0744. The van der Waals surface area contributed by atoms with Crippen LogP contribution in [0.1, 0.15) is 36.3 Å². The van der Waals surface area contributed by atoms with Gasteiger partial charge >= 0.3 is 0 Å². The lowest BCUT2D eigenvalue weighted by atomic mass is 10.1. The summed E-state index contributed by atoms with van der Waals surface area (Å²) in [5, 5.41) is 2.91. The molecular weight excluding hydrogens is 288 g/mol. The Balaban J connectivity index is 1.76. The molecule has 0 aliphatic rings. The summed E-state index contributed by atoms with van der Waals surface area (Å²) in [7, 11) is 0. The molecule has 0 radical (unpaired) electrons. The Morgan fingerprint density at radius 3 is 2.61 bits per heavy atom. The molecule has 0 aliphatic carbocycles. The van der Waals surface area contributed by atoms with Crippen LogP contribution in [0, 0.1) is 5.92 Å². The lowest BCUT2D eigenvalue weighted by Gasteiger charge is -2.09. The van der Waals surface area contributed by atoms with Gasteiger partial charge in [-0.15, -0.1) is 0 Å². The van der Waals surface area contributed by atoms with Crippen LogP contribution in [0.4, 0.5) is 0 Å². The van der Waals surface area contributed by atoms with Crippen molar-refractivity contribution < 1.29 is 9.53 Å². The Morgan fingerprint density at radius 1 is 1.17 bits per heavy atom. The second-order valence-corrected chi connectivity index (χ2v) is 5.88. The van der Waals surface area contributed by atoms with Gasteiger partial charge in [-0.1, -0.05) is 19.9 Å². The van der Waals surface area contributed by atoms with Crippen molar-refractivity contribution in [2.45, 2.75) is 26.7 Å². The molecular formula is C19H24N2O2. The third-order valence-corrected chi connectivity index (χ3v) is 3.47.